The van der Waals surface area contributed by atoms with E-state index in [4.69, 9.17) is 0 Å². The Morgan fingerprint density at radius 1 is 0.896 bits per heavy atom. The zero-order valence-corrected chi connectivity index (χ0v) is 25.8. The van der Waals surface area contributed by atoms with E-state index in [-0.39, 0.29) is 39.8 Å². The summed E-state index contributed by atoms with van der Waals surface area (Å²) in [6.07, 6.45) is -1.10. The second kappa shape index (κ2) is 12.9. The number of nitrogens with zero attached hydrogens (tertiary/aromatic N) is 1. The SMILES string of the molecule is Cn1c(=O)c(-c2cccc3c(C[C@H](NC(=O)c4c(F)ccc(C5CCCCC5)c4F)C(=O)O)cccc23)c(C(F)(F)F)c2ccccc21. The van der Waals surface area contributed by atoms with E-state index >= 15 is 4.39 Å². The molecule has 4 aromatic carbocycles. The number of pyridine rings is 1. The van der Waals surface area contributed by atoms with Gasteiger partial charge in [-0.05, 0) is 58.4 Å². The molecule has 1 atom stereocenters. The number of carboxylic acid groups (broad SMARTS) is 1. The first kappa shape index (κ1) is 32.9. The molecule has 0 unspecified atom stereocenters. The van der Waals surface area contributed by atoms with Gasteiger partial charge in [0.05, 0.1) is 16.6 Å². The highest BCUT2D eigenvalue weighted by Crippen LogP contribution is 2.42. The van der Waals surface area contributed by atoms with Crippen LogP contribution < -0.4 is 10.9 Å². The second-order valence-corrected chi connectivity index (χ2v) is 12.2. The van der Waals surface area contributed by atoms with Gasteiger partial charge in [0.15, 0.2) is 0 Å². The van der Waals surface area contributed by atoms with Crippen LogP contribution in [0.2, 0.25) is 0 Å². The van der Waals surface area contributed by atoms with Crippen LogP contribution in [0.15, 0.2) is 77.6 Å². The molecule has 1 amide bonds. The van der Waals surface area contributed by atoms with Crippen LogP contribution in [0.5, 0.6) is 0 Å². The molecule has 1 saturated carbocycles. The highest BCUT2D eigenvalue weighted by Gasteiger charge is 2.38. The van der Waals surface area contributed by atoms with Crippen molar-refractivity contribution < 1.29 is 36.6 Å². The van der Waals surface area contributed by atoms with Crippen LogP contribution in [0, 0.1) is 11.6 Å². The first-order chi connectivity index (χ1) is 22.9. The molecule has 6 nitrogen and oxygen atoms in total. The molecule has 1 aliphatic carbocycles. The predicted molar refractivity (Wildman–Crippen MR) is 172 cm³/mol. The van der Waals surface area contributed by atoms with Crippen LogP contribution in [0.3, 0.4) is 0 Å². The minimum atomic E-state index is -4.89. The second-order valence-electron chi connectivity index (χ2n) is 12.2. The van der Waals surface area contributed by atoms with Crippen molar-refractivity contribution in [1.82, 2.24) is 9.88 Å². The molecule has 0 bridgehead atoms. The van der Waals surface area contributed by atoms with Crippen LogP contribution in [-0.2, 0) is 24.4 Å². The third kappa shape index (κ3) is 5.93. The van der Waals surface area contributed by atoms with Gasteiger partial charge in [0.1, 0.15) is 23.2 Å². The molecule has 6 rings (SSSR count). The number of aliphatic carboxylic acids is 1. The van der Waals surface area contributed by atoms with Crippen molar-refractivity contribution in [1.29, 1.82) is 0 Å². The lowest BCUT2D eigenvalue weighted by molar-refractivity contribution is -0.139. The molecule has 0 saturated heterocycles. The van der Waals surface area contributed by atoms with E-state index in [0.29, 0.717) is 23.8 Å². The standard InChI is InChI=1S/C37H31F5N2O4/c1-44-29-16-6-5-12-26(29)32(37(40,41)42)30(35(44)46)25-15-8-13-22-21(11-7-14-24(22)25)19-28(36(47)48)43-34(45)31-27(38)18-17-23(33(31)39)20-9-3-2-4-10-20/h5-8,11-18,20,28H,2-4,9-10,19H2,1H3,(H,43,45)(H,47,48)/t28-/m0/s1. The molecule has 1 aliphatic rings. The van der Waals surface area contributed by atoms with Crippen molar-refractivity contribution in [3.05, 3.63) is 117 Å². The van der Waals surface area contributed by atoms with E-state index in [1.54, 1.807) is 18.2 Å². The van der Waals surface area contributed by atoms with E-state index in [1.807, 2.05) is 0 Å². The highest BCUT2D eigenvalue weighted by atomic mass is 19.4. The summed E-state index contributed by atoms with van der Waals surface area (Å²) in [5, 5.41) is 12.7. The largest absolute Gasteiger partial charge is 0.480 e. The van der Waals surface area contributed by atoms with Crippen LogP contribution >= 0.6 is 0 Å². The van der Waals surface area contributed by atoms with E-state index in [9.17, 15) is 37.1 Å². The fraction of sp³-hybridized carbons (Fsp3) is 0.270. The maximum Gasteiger partial charge on any atom is 0.417 e. The lowest BCUT2D eigenvalue weighted by Gasteiger charge is -2.23. The molecule has 1 fully saturated rings. The van der Waals surface area contributed by atoms with Gasteiger partial charge in [-0.1, -0.05) is 79.9 Å². The number of rotatable bonds is 7. The first-order valence-electron chi connectivity index (χ1n) is 15.6. The third-order valence-electron chi connectivity index (χ3n) is 9.29. The van der Waals surface area contributed by atoms with Crippen molar-refractivity contribution in [2.24, 2.45) is 7.05 Å². The van der Waals surface area contributed by atoms with E-state index in [2.05, 4.69) is 5.32 Å². The summed E-state index contributed by atoms with van der Waals surface area (Å²) in [5.41, 5.74) is -2.74. The number of hydrogen-bond acceptors (Lipinski definition) is 3. The molecule has 248 valence electrons. The molecule has 5 aromatic rings. The Labute approximate surface area is 271 Å². The molecule has 2 N–H and O–H groups in total. The summed E-state index contributed by atoms with van der Waals surface area (Å²) in [7, 11) is 1.39. The first-order valence-corrected chi connectivity index (χ1v) is 15.6. The summed E-state index contributed by atoms with van der Waals surface area (Å²) in [6, 6.07) is 15.4. The van der Waals surface area contributed by atoms with Crippen molar-refractivity contribution in [3.63, 3.8) is 0 Å². The fourth-order valence-electron chi connectivity index (χ4n) is 6.97. The zero-order chi connectivity index (χ0) is 34.3. The maximum absolute atomic E-state index is 15.6. The Balaban J connectivity index is 1.40. The fourth-order valence-corrected chi connectivity index (χ4v) is 6.97. The van der Waals surface area contributed by atoms with Crippen molar-refractivity contribution in [2.75, 3.05) is 0 Å². The number of hydrogen-bond donors (Lipinski definition) is 2. The Kier molecular flexibility index (Phi) is 8.80. The van der Waals surface area contributed by atoms with Crippen LogP contribution in [0.1, 0.15) is 65.1 Å². The van der Waals surface area contributed by atoms with Gasteiger partial charge in [0.2, 0.25) is 0 Å². The third-order valence-corrected chi connectivity index (χ3v) is 9.29. The van der Waals surface area contributed by atoms with Gasteiger partial charge in [0, 0.05) is 18.9 Å². The number of carboxylic acids is 1. The molecule has 11 heteroatoms. The monoisotopic (exact) mass is 662 g/mol. The lowest BCUT2D eigenvalue weighted by atomic mass is 9.83. The number of amides is 1. The quantitative estimate of drug-likeness (QED) is 0.172. The topological polar surface area (TPSA) is 88.4 Å². The van der Waals surface area contributed by atoms with E-state index in [0.717, 1.165) is 29.9 Å². The minimum absolute atomic E-state index is 0.00684. The Morgan fingerprint density at radius 3 is 2.27 bits per heavy atom. The molecular weight excluding hydrogens is 631 g/mol. The van der Waals surface area contributed by atoms with Crippen LogP contribution in [0.25, 0.3) is 32.8 Å². The number of benzene rings is 4. The van der Waals surface area contributed by atoms with Crippen LogP contribution in [-0.4, -0.2) is 27.6 Å². The minimum Gasteiger partial charge on any atom is -0.480 e. The highest BCUT2D eigenvalue weighted by molar-refractivity contribution is 6.02. The van der Waals surface area contributed by atoms with Gasteiger partial charge in [-0.3, -0.25) is 9.59 Å². The molecule has 0 radical (unpaired) electrons. The number of aromatic nitrogens is 1. The number of nitrogens with one attached hydrogen (secondary N) is 1. The van der Waals surface area contributed by atoms with Gasteiger partial charge < -0.3 is 15.0 Å². The molecule has 1 aromatic heterocycles. The normalized spacial score (nSPS) is 14.7. The molecular formula is C37H31F5N2O4. The van der Waals surface area contributed by atoms with Gasteiger partial charge in [-0.2, -0.15) is 13.2 Å². The van der Waals surface area contributed by atoms with Gasteiger partial charge in [-0.15, -0.1) is 0 Å². The zero-order valence-electron chi connectivity index (χ0n) is 25.8. The summed E-state index contributed by atoms with van der Waals surface area (Å²) >= 11 is 0. The van der Waals surface area contributed by atoms with Crippen molar-refractivity contribution in [2.45, 2.75) is 56.7 Å². The average molecular weight is 663 g/mol. The number of fused-ring (bicyclic) bond motifs is 2. The van der Waals surface area contributed by atoms with E-state index < -0.39 is 58.0 Å². The maximum atomic E-state index is 15.6. The van der Waals surface area contributed by atoms with Gasteiger partial charge >= 0.3 is 12.1 Å². The van der Waals surface area contributed by atoms with Crippen molar-refractivity contribution in [3.8, 4) is 11.1 Å². The Bertz CT molecular complexity index is 2130. The molecule has 48 heavy (non-hydrogen) atoms. The van der Waals surface area contributed by atoms with E-state index in [1.165, 1.54) is 55.6 Å². The number of aryl methyl sites for hydroxylation is 1. The summed E-state index contributed by atoms with van der Waals surface area (Å²) < 4.78 is 75.6. The molecule has 0 aliphatic heterocycles. The van der Waals surface area contributed by atoms with Gasteiger partial charge in [-0.25, -0.2) is 13.6 Å². The Hall–Kier alpha value is -5.06. The number of alkyl halides is 3. The molecule has 1 heterocycles. The summed E-state index contributed by atoms with van der Waals surface area (Å²) in [6.45, 7) is 0. The van der Waals surface area contributed by atoms with Gasteiger partial charge in [0.25, 0.3) is 11.5 Å². The predicted octanol–water partition coefficient (Wildman–Crippen LogP) is 8.13. The number of carbonyl (C=O) groups is 2. The average Bonchev–Trinajstić information content (AvgIpc) is 3.05. The van der Waals surface area contributed by atoms with Crippen molar-refractivity contribution >= 4 is 33.6 Å². The Morgan fingerprint density at radius 2 is 1.56 bits per heavy atom. The summed E-state index contributed by atoms with van der Waals surface area (Å²) in [5.74, 6) is -5.03. The number of halogens is 5. The smallest absolute Gasteiger partial charge is 0.417 e. The summed E-state index contributed by atoms with van der Waals surface area (Å²) in [4.78, 5) is 39.2. The lowest BCUT2D eigenvalue weighted by Crippen LogP contribution is -2.43. The van der Waals surface area contributed by atoms with Crippen LogP contribution in [0.4, 0.5) is 22.0 Å². The molecule has 0 spiro atoms. The number of carbonyl (C=O) groups excluding carboxylic acids is 1. The number of para-hydroxylation sites is 1.